The molecule has 1 aliphatic heterocycles. The summed E-state index contributed by atoms with van der Waals surface area (Å²) < 4.78 is 51.9. The first-order valence-electron chi connectivity index (χ1n) is 11.8. The van der Waals surface area contributed by atoms with E-state index in [9.17, 15) is 18.0 Å². The van der Waals surface area contributed by atoms with E-state index in [-0.39, 0.29) is 18.1 Å². The molecule has 0 spiro atoms. The summed E-state index contributed by atoms with van der Waals surface area (Å²) in [7, 11) is 0. The van der Waals surface area contributed by atoms with Gasteiger partial charge >= 0.3 is 12.3 Å². The van der Waals surface area contributed by atoms with E-state index in [1.807, 2.05) is 51.1 Å². The van der Waals surface area contributed by atoms with Gasteiger partial charge in [0.2, 0.25) is 0 Å². The van der Waals surface area contributed by atoms with Crippen molar-refractivity contribution in [2.75, 3.05) is 19.7 Å². The Morgan fingerprint density at radius 3 is 2.37 bits per heavy atom. The summed E-state index contributed by atoms with van der Waals surface area (Å²) in [6.07, 6.45) is -1.81. The third-order valence-electron chi connectivity index (χ3n) is 6.48. The second-order valence-corrected chi connectivity index (χ2v) is 10.2. The molecule has 0 unspecified atom stereocenters. The van der Waals surface area contributed by atoms with Gasteiger partial charge in [0.05, 0.1) is 18.8 Å². The van der Waals surface area contributed by atoms with Crippen LogP contribution in [0.2, 0.25) is 0 Å². The Kier molecular flexibility index (Phi) is 6.86. The van der Waals surface area contributed by atoms with Crippen molar-refractivity contribution in [3.63, 3.8) is 0 Å². The Hall–Kier alpha value is -3.00. The predicted octanol–water partition coefficient (Wildman–Crippen LogP) is 6.67. The zero-order valence-corrected chi connectivity index (χ0v) is 20.2. The van der Waals surface area contributed by atoms with E-state index in [1.165, 1.54) is 0 Å². The number of nitrogens with one attached hydrogen (secondary N) is 1. The van der Waals surface area contributed by atoms with Crippen molar-refractivity contribution in [2.45, 2.75) is 57.4 Å². The van der Waals surface area contributed by atoms with Crippen molar-refractivity contribution in [3.05, 3.63) is 71.4 Å². The van der Waals surface area contributed by atoms with Crippen molar-refractivity contribution >= 4 is 17.0 Å². The van der Waals surface area contributed by atoms with Crippen LogP contribution < -0.4 is 0 Å². The van der Waals surface area contributed by atoms with E-state index in [4.69, 9.17) is 9.47 Å². The first-order valence-corrected chi connectivity index (χ1v) is 11.8. The van der Waals surface area contributed by atoms with Gasteiger partial charge in [-0.3, -0.25) is 0 Å². The van der Waals surface area contributed by atoms with Crippen LogP contribution in [0.4, 0.5) is 18.0 Å². The van der Waals surface area contributed by atoms with Crippen LogP contribution in [0.25, 0.3) is 10.9 Å². The third kappa shape index (κ3) is 5.81. The predicted molar refractivity (Wildman–Crippen MR) is 128 cm³/mol. The van der Waals surface area contributed by atoms with Crippen molar-refractivity contribution in [3.8, 4) is 0 Å². The van der Waals surface area contributed by atoms with E-state index < -0.39 is 17.3 Å². The molecule has 1 aromatic heterocycles. The SMILES string of the molecule is CC(C)(C)OC(=O)N1CCC(COCc2cc(C(F)(F)F)cc3[nH]ccc23)(c2ccccc2)CC1. The Labute approximate surface area is 203 Å². The monoisotopic (exact) mass is 488 g/mol. The number of aromatic amines is 1. The Morgan fingerprint density at radius 2 is 1.74 bits per heavy atom. The number of hydrogen-bond acceptors (Lipinski definition) is 3. The highest BCUT2D eigenvalue weighted by Gasteiger charge is 2.39. The fourth-order valence-corrected chi connectivity index (χ4v) is 4.64. The topological polar surface area (TPSA) is 54.6 Å². The maximum absolute atomic E-state index is 13.4. The molecule has 8 heteroatoms. The van der Waals surface area contributed by atoms with E-state index in [0.29, 0.717) is 49.0 Å². The molecule has 1 N–H and O–H groups in total. The number of alkyl halides is 3. The second-order valence-electron chi connectivity index (χ2n) is 10.2. The molecule has 188 valence electrons. The average Bonchev–Trinajstić information content (AvgIpc) is 3.27. The largest absolute Gasteiger partial charge is 0.444 e. The number of carbonyl (C=O) groups is 1. The zero-order valence-electron chi connectivity index (χ0n) is 20.2. The summed E-state index contributed by atoms with van der Waals surface area (Å²) in [6, 6.07) is 14.0. The first kappa shape index (κ1) is 25.1. The van der Waals surface area contributed by atoms with E-state index in [1.54, 1.807) is 17.2 Å². The number of halogens is 3. The zero-order chi connectivity index (χ0) is 25.3. The number of hydrogen-bond donors (Lipinski definition) is 1. The van der Waals surface area contributed by atoms with Crippen molar-refractivity contribution in [1.29, 1.82) is 0 Å². The van der Waals surface area contributed by atoms with E-state index in [2.05, 4.69) is 4.98 Å². The molecule has 0 radical (unpaired) electrons. The van der Waals surface area contributed by atoms with Gasteiger partial charge in [0, 0.05) is 35.6 Å². The molecular weight excluding hydrogens is 457 g/mol. The number of benzene rings is 2. The van der Waals surface area contributed by atoms with Crippen LogP contribution in [0.3, 0.4) is 0 Å². The van der Waals surface area contributed by atoms with Crippen LogP contribution in [-0.2, 0) is 27.7 Å². The molecule has 35 heavy (non-hydrogen) atoms. The standard InChI is InChI=1S/C27H31F3N2O3/c1-25(2,3)35-24(33)32-13-10-26(11-14-32,20-7-5-4-6-8-20)18-34-17-19-15-21(27(28,29)30)16-23-22(19)9-12-31-23/h4-9,12,15-16,31H,10-11,13-14,17-18H2,1-3H3. The van der Waals surface area contributed by atoms with Crippen LogP contribution >= 0.6 is 0 Å². The molecule has 0 saturated carbocycles. The van der Waals surface area contributed by atoms with Crippen LogP contribution in [0.15, 0.2) is 54.7 Å². The fourth-order valence-electron chi connectivity index (χ4n) is 4.64. The van der Waals surface area contributed by atoms with Crippen LogP contribution in [0, 0.1) is 0 Å². The normalized spacial score (nSPS) is 16.5. The summed E-state index contributed by atoms with van der Waals surface area (Å²) >= 11 is 0. The number of ether oxygens (including phenoxy) is 2. The lowest BCUT2D eigenvalue weighted by Gasteiger charge is -2.42. The highest BCUT2D eigenvalue weighted by Crippen LogP contribution is 2.37. The molecule has 5 nitrogen and oxygen atoms in total. The minimum Gasteiger partial charge on any atom is -0.444 e. The van der Waals surface area contributed by atoms with Gasteiger partial charge in [-0.2, -0.15) is 13.2 Å². The van der Waals surface area contributed by atoms with Gasteiger partial charge in [-0.15, -0.1) is 0 Å². The highest BCUT2D eigenvalue weighted by molar-refractivity contribution is 5.83. The molecule has 1 amide bonds. The summed E-state index contributed by atoms with van der Waals surface area (Å²) in [5.41, 5.74) is 0.406. The molecule has 1 aliphatic rings. The lowest BCUT2D eigenvalue weighted by atomic mass is 9.73. The maximum atomic E-state index is 13.4. The molecule has 2 heterocycles. The van der Waals surface area contributed by atoms with Gasteiger partial charge in [-0.1, -0.05) is 30.3 Å². The minimum atomic E-state index is -4.44. The third-order valence-corrected chi connectivity index (χ3v) is 6.48. The lowest BCUT2D eigenvalue weighted by molar-refractivity contribution is -0.137. The number of fused-ring (bicyclic) bond motifs is 1. The summed E-state index contributed by atoms with van der Waals surface area (Å²) in [4.78, 5) is 17.1. The van der Waals surface area contributed by atoms with Gasteiger partial charge in [-0.05, 0) is 62.9 Å². The summed E-state index contributed by atoms with van der Waals surface area (Å²) in [6.45, 7) is 6.94. The molecule has 2 aromatic carbocycles. The average molecular weight is 489 g/mol. The highest BCUT2D eigenvalue weighted by atomic mass is 19.4. The van der Waals surface area contributed by atoms with Gasteiger partial charge in [0.1, 0.15) is 5.60 Å². The van der Waals surface area contributed by atoms with E-state index >= 15 is 0 Å². The van der Waals surface area contributed by atoms with Crippen molar-refractivity contribution < 1.29 is 27.4 Å². The number of carbonyl (C=O) groups excluding carboxylic acids is 1. The van der Waals surface area contributed by atoms with Gasteiger partial charge in [-0.25, -0.2) is 4.79 Å². The Bertz CT molecular complexity index is 1160. The molecule has 4 rings (SSSR count). The van der Waals surface area contributed by atoms with Crippen LogP contribution in [0.1, 0.15) is 50.3 Å². The number of likely N-dealkylation sites (tertiary alicyclic amines) is 1. The second kappa shape index (κ2) is 9.57. The lowest BCUT2D eigenvalue weighted by Crippen LogP contribution is -2.48. The fraction of sp³-hybridized carbons (Fsp3) is 0.444. The van der Waals surface area contributed by atoms with Gasteiger partial charge in [0.25, 0.3) is 0 Å². The smallest absolute Gasteiger partial charge is 0.416 e. The van der Waals surface area contributed by atoms with Crippen molar-refractivity contribution in [1.82, 2.24) is 9.88 Å². The summed E-state index contributed by atoms with van der Waals surface area (Å²) in [5, 5.41) is 0.714. The Morgan fingerprint density at radius 1 is 1.06 bits per heavy atom. The molecule has 3 aromatic rings. The van der Waals surface area contributed by atoms with Gasteiger partial charge < -0.3 is 19.4 Å². The number of H-pyrrole nitrogens is 1. The number of nitrogens with zero attached hydrogens (tertiary/aromatic N) is 1. The minimum absolute atomic E-state index is 0.0582. The number of rotatable bonds is 5. The number of amides is 1. The van der Waals surface area contributed by atoms with Gasteiger partial charge in [0.15, 0.2) is 0 Å². The molecular formula is C27H31F3N2O3. The molecule has 1 saturated heterocycles. The quantitative estimate of drug-likeness (QED) is 0.436. The molecule has 1 fully saturated rings. The molecule has 0 bridgehead atoms. The number of aromatic nitrogens is 1. The van der Waals surface area contributed by atoms with Crippen LogP contribution in [0.5, 0.6) is 0 Å². The first-order chi connectivity index (χ1) is 16.5. The van der Waals surface area contributed by atoms with Crippen molar-refractivity contribution in [2.24, 2.45) is 0 Å². The number of piperidine rings is 1. The van der Waals surface area contributed by atoms with Crippen LogP contribution in [-0.4, -0.2) is 41.3 Å². The van der Waals surface area contributed by atoms with E-state index in [0.717, 1.165) is 17.7 Å². The Balaban J connectivity index is 1.51. The molecule has 0 aliphatic carbocycles. The summed E-state index contributed by atoms with van der Waals surface area (Å²) in [5.74, 6) is 0. The molecule has 0 atom stereocenters. The maximum Gasteiger partial charge on any atom is 0.416 e.